The second-order valence-electron chi connectivity index (χ2n) is 6.63. The Morgan fingerprint density at radius 3 is 2.63 bits per heavy atom. The van der Waals surface area contributed by atoms with Crippen LogP contribution in [-0.4, -0.2) is 26.0 Å². The van der Waals surface area contributed by atoms with Gasteiger partial charge in [0.1, 0.15) is 11.1 Å². The minimum atomic E-state index is -4.50. The molecular formula is C19H15ClF3N5OS. The van der Waals surface area contributed by atoms with Crippen molar-refractivity contribution in [3.63, 3.8) is 0 Å². The fraction of sp³-hybridized carbons (Fsp3) is 0.211. The molecule has 2 aromatic carbocycles. The van der Waals surface area contributed by atoms with Crippen molar-refractivity contribution in [2.45, 2.75) is 29.5 Å². The summed E-state index contributed by atoms with van der Waals surface area (Å²) in [5.41, 5.74) is 3.24. The average molecular weight is 454 g/mol. The number of halogens is 4. The van der Waals surface area contributed by atoms with Crippen LogP contribution < -0.4 is 10.7 Å². The van der Waals surface area contributed by atoms with E-state index in [1.54, 1.807) is 35.9 Å². The van der Waals surface area contributed by atoms with Crippen LogP contribution in [0.3, 0.4) is 0 Å². The van der Waals surface area contributed by atoms with Crippen LogP contribution in [0.4, 0.5) is 18.9 Å². The maximum atomic E-state index is 13.1. The van der Waals surface area contributed by atoms with Gasteiger partial charge in [-0.15, -0.1) is 10.2 Å². The Hall–Kier alpha value is -2.72. The van der Waals surface area contributed by atoms with E-state index in [2.05, 4.69) is 20.9 Å². The summed E-state index contributed by atoms with van der Waals surface area (Å²) in [7, 11) is 0. The fourth-order valence-corrected chi connectivity index (χ4v) is 4.32. The van der Waals surface area contributed by atoms with Gasteiger partial charge in [0, 0.05) is 10.7 Å². The molecule has 0 aliphatic carbocycles. The van der Waals surface area contributed by atoms with Gasteiger partial charge in [0.25, 0.3) is 0 Å². The molecule has 1 aliphatic heterocycles. The van der Waals surface area contributed by atoms with Crippen LogP contribution in [0.2, 0.25) is 5.02 Å². The minimum absolute atomic E-state index is 0.0634. The van der Waals surface area contributed by atoms with Gasteiger partial charge in [0.05, 0.1) is 11.6 Å². The topological polar surface area (TPSA) is 71.8 Å². The molecule has 30 heavy (non-hydrogen) atoms. The Morgan fingerprint density at radius 2 is 1.93 bits per heavy atom. The zero-order chi connectivity index (χ0) is 21.5. The number of benzene rings is 2. The number of carbonyl (C=O) groups excluding carboxylic acids is 1. The number of amides is 1. The van der Waals surface area contributed by atoms with E-state index in [-0.39, 0.29) is 5.69 Å². The first-order valence-corrected chi connectivity index (χ1v) is 10.1. The summed E-state index contributed by atoms with van der Waals surface area (Å²) in [5.74, 6) is 0.159. The molecule has 11 heteroatoms. The molecule has 4 rings (SSSR count). The van der Waals surface area contributed by atoms with E-state index in [1.807, 2.05) is 0 Å². The van der Waals surface area contributed by atoms with Crippen LogP contribution in [0.1, 0.15) is 23.0 Å². The van der Waals surface area contributed by atoms with Crippen LogP contribution in [-0.2, 0) is 11.0 Å². The van der Waals surface area contributed by atoms with Gasteiger partial charge in [0.15, 0.2) is 0 Å². The monoisotopic (exact) mass is 453 g/mol. The van der Waals surface area contributed by atoms with E-state index in [0.717, 1.165) is 17.7 Å². The number of nitrogens with one attached hydrogen (secondary N) is 2. The lowest BCUT2D eigenvalue weighted by Gasteiger charge is -2.32. The van der Waals surface area contributed by atoms with Crippen LogP contribution in [0, 0.1) is 6.92 Å². The zero-order valence-electron chi connectivity index (χ0n) is 15.4. The summed E-state index contributed by atoms with van der Waals surface area (Å²) < 4.78 is 40.6. The first-order chi connectivity index (χ1) is 14.2. The van der Waals surface area contributed by atoms with Crippen molar-refractivity contribution in [3.05, 3.63) is 70.5 Å². The fourth-order valence-electron chi connectivity index (χ4n) is 3.07. The first-order valence-electron chi connectivity index (χ1n) is 8.81. The van der Waals surface area contributed by atoms with Gasteiger partial charge < -0.3 is 10.7 Å². The molecule has 2 N–H and O–H groups in total. The van der Waals surface area contributed by atoms with E-state index in [0.29, 0.717) is 16.0 Å². The Labute approximate surface area is 178 Å². The van der Waals surface area contributed by atoms with Crippen molar-refractivity contribution in [2.75, 3.05) is 10.7 Å². The molecule has 0 saturated carbocycles. The number of alkyl halides is 3. The SMILES string of the molecule is Cc1nnc2n1N[C@@H](c1ccc(Cl)cc1)[C@@H](C(=O)Nc1cccc(C(F)(F)F)c1)S2. The Morgan fingerprint density at radius 1 is 1.20 bits per heavy atom. The molecule has 0 radical (unpaired) electrons. The molecule has 6 nitrogen and oxygen atoms in total. The number of nitrogens with zero attached hydrogens (tertiary/aromatic N) is 3. The van der Waals surface area contributed by atoms with Gasteiger partial charge >= 0.3 is 6.18 Å². The second-order valence-corrected chi connectivity index (χ2v) is 8.17. The number of fused-ring (bicyclic) bond motifs is 1. The third kappa shape index (κ3) is 4.10. The predicted octanol–water partition coefficient (Wildman–Crippen LogP) is 4.66. The van der Waals surface area contributed by atoms with Crippen molar-refractivity contribution in [1.29, 1.82) is 0 Å². The summed E-state index contributed by atoms with van der Waals surface area (Å²) in [6.45, 7) is 1.77. The lowest BCUT2D eigenvalue weighted by Crippen LogP contribution is -2.41. The molecule has 2 atom stereocenters. The summed E-state index contributed by atoms with van der Waals surface area (Å²) in [6.07, 6.45) is -4.50. The Bertz CT molecular complexity index is 1090. The predicted molar refractivity (Wildman–Crippen MR) is 108 cm³/mol. The van der Waals surface area contributed by atoms with E-state index < -0.39 is 28.9 Å². The van der Waals surface area contributed by atoms with Crippen LogP contribution in [0.5, 0.6) is 0 Å². The summed E-state index contributed by atoms with van der Waals surface area (Å²) in [5, 5.41) is 11.0. The molecule has 0 unspecified atom stereocenters. The third-order valence-corrected chi connectivity index (χ3v) is 6.01. The van der Waals surface area contributed by atoms with Crippen LogP contribution in [0.15, 0.2) is 53.7 Å². The summed E-state index contributed by atoms with van der Waals surface area (Å²) in [4.78, 5) is 13.1. The molecule has 0 saturated heterocycles. The van der Waals surface area contributed by atoms with E-state index in [4.69, 9.17) is 11.6 Å². The molecule has 0 spiro atoms. The number of hydrogen-bond donors (Lipinski definition) is 2. The summed E-state index contributed by atoms with van der Waals surface area (Å²) >= 11 is 7.16. The maximum Gasteiger partial charge on any atom is 0.416 e. The van der Waals surface area contributed by atoms with Crippen LogP contribution >= 0.6 is 23.4 Å². The number of thioether (sulfide) groups is 1. The highest BCUT2D eigenvalue weighted by atomic mass is 35.5. The van der Waals surface area contributed by atoms with Crippen molar-refractivity contribution in [3.8, 4) is 0 Å². The molecule has 3 aromatic rings. The van der Waals surface area contributed by atoms with E-state index in [9.17, 15) is 18.0 Å². The lowest BCUT2D eigenvalue weighted by molar-refractivity contribution is -0.137. The molecule has 1 amide bonds. The van der Waals surface area contributed by atoms with Crippen molar-refractivity contribution < 1.29 is 18.0 Å². The van der Waals surface area contributed by atoms with Crippen molar-refractivity contribution in [1.82, 2.24) is 14.9 Å². The lowest BCUT2D eigenvalue weighted by atomic mass is 10.0. The molecular weight excluding hydrogens is 439 g/mol. The van der Waals surface area contributed by atoms with Gasteiger partial charge in [-0.3, -0.25) is 4.79 Å². The molecule has 0 bridgehead atoms. The van der Waals surface area contributed by atoms with Gasteiger partial charge in [-0.05, 0) is 42.8 Å². The third-order valence-electron chi connectivity index (χ3n) is 4.54. The first kappa shape index (κ1) is 20.5. The highest BCUT2D eigenvalue weighted by molar-refractivity contribution is 8.00. The smallest absolute Gasteiger partial charge is 0.325 e. The molecule has 156 valence electrons. The minimum Gasteiger partial charge on any atom is -0.325 e. The number of carbonyl (C=O) groups is 1. The van der Waals surface area contributed by atoms with Gasteiger partial charge in [-0.2, -0.15) is 13.2 Å². The zero-order valence-corrected chi connectivity index (χ0v) is 17.0. The average Bonchev–Trinajstić information content (AvgIpc) is 3.07. The molecule has 0 fully saturated rings. The highest BCUT2D eigenvalue weighted by Gasteiger charge is 2.38. The van der Waals surface area contributed by atoms with E-state index >= 15 is 0 Å². The highest BCUT2D eigenvalue weighted by Crippen LogP contribution is 2.38. The van der Waals surface area contributed by atoms with E-state index in [1.165, 1.54) is 23.9 Å². The number of rotatable bonds is 3. The van der Waals surface area contributed by atoms with Gasteiger partial charge in [-0.25, -0.2) is 4.68 Å². The Kier molecular flexibility index (Phi) is 5.37. The van der Waals surface area contributed by atoms with Crippen molar-refractivity contribution >= 4 is 35.0 Å². The second kappa shape index (κ2) is 7.84. The molecule has 2 heterocycles. The van der Waals surface area contributed by atoms with Gasteiger partial charge in [0.2, 0.25) is 11.1 Å². The number of aromatic nitrogens is 3. The number of hydrogen-bond acceptors (Lipinski definition) is 5. The van der Waals surface area contributed by atoms with Crippen molar-refractivity contribution in [2.24, 2.45) is 0 Å². The van der Waals surface area contributed by atoms with Gasteiger partial charge in [-0.1, -0.05) is 41.6 Å². The normalized spacial score (nSPS) is 18.4. The molecule has 1 aliphatic rings. The number of aryl methyl sites for hydroxylation is 1. The Balaban J connectivity index is 1.64. The molecule has 1 aromatic heterocycles. The largest absolute Gasteiger partial charge is 0.416 e. The quantitative estimate of drug-likeness (QED) is 0.603. The van der Waals surface area contributed by atoms with Crippen LogP contribution in [0.25, 0.3) is 0 Å². The standard InChI is InChI=1S/C19H15ClF3N5OS/c1-10-25-26-18-28(10)27-15(11-5-7-13(20)8-6-11)16(30-18)17(29)24-14-4-2-3-12(9-14)19(21,22)23/h2-9,15-16,27H,1H3,(H,24,29)/t15-,16-/m0/s1. The summed E-state index contributed by atoms with van der Waals surface area (Å²) in [6, 6.07) is 11.0. The number of anilines is 1. The maximum absolute atomic E-state index is 13.1.